The second-order valence-electron chi connectivity index (χ2n) is 9.66. The molecule has 4 aromatic carbocycles. The predicted octanol–water partition coefficient (Wildman–Crippen LogP) is 5.26. The second kappa shape index (κ2) is 9.96. The van der Waals surface area contributed by atoms with E-state index in [1.165, 1.54) is 21.9 Å². The van der Waals surface area contributed by atoms with E-state index in [1.807, 2.05) is 36.4 Å². The number of likely N-dealkylation sites (N-methyl/N-ethyl adjacent to an activating group) is 2. The van der Waals surface area contributed by atoms with Gasteiger partial charge in [-0.2, -0.15) is 0 Å². The molecule has 2 amide bonds. The van der Waals surface area contributed by atoms with Crippen LogP contribution in [0.3, 0.4) is 0 Å². The number of benzodiazepines with no additional fused rings is 2. The first-order valence-corrected chi connectivity index (χ1v) is 12.7. The quantitative estimate of drug-likeness (QED) is 0.360. The molecule has 0 radical (unpaired) electrons. The lowest BCUT2D eigenvalue weighted by atomic mass is 9.92. The third kappa shape index (κ3) is 4.27. The molecule has 0 atom stereocenters. The minimum Gasteiger partial charge on any atom is -0.313 e. The summed E-state index contributed by atoms with van der Waals surface area (Å²) in [5, 5.41) is 0. The number of carbonyl (C=O) groups excluding carboxylic acids is 2. The van der Waals surface area contributed by atoms with Gasteiger partial charge in [-0.15, -0.1) is 0 Å². The summed E-state index contributed by atoms with van der Waals surface area (Å²) in [5.74, 6) is -1.27. The molecule has 6 rings (SSSR count). The van der Waals surface area contributed by atoms with Crippen molar-refractivity contribution in [1.82, 2.24) is 0 Å². The van der Waals surface area contributed by atoms with E-state index < -0.39 is 11.6 Å². The Morgan fingerprint density at radius 2 is 0.975 bits per heavy atom. The van der Waals surface area contributed by atoms with Crippen LogP contribution in [0.1, 0.15) is 22.3 Å². The van der Waals surface area contributed by atoms with Gasteiger partial charge in [0.2, 0.25) is 11.8 Å². The number of nitrogens with zero attached hydrogens (tertiary/aromatic N) is 4. The lowest BCUT2D eigenvalue weighted by Crippen LogP contribution is -2.27. The minimum atomic E-state index is -0.432. The maximum absolute atomic E-state index is 14.9. The first-order chi connectivity index (χ1) is 19.3. The highest BCUT2D eigenvalue weighted by molar-refractivity contribution is 6.21. The van der Waals surface area contributed by atoms with Crippen LogP contribution in [0.2, 0.25) is 0 Å². The Bertz CT molecular complexity index is 1630. The molecule has 0 saturated carbocycles. The minimum absolute atomic E-state index is 0.105. The van der Waals surface area contributed by atoms with Crippen LogP contribution in [0.25, 0.3) is 11.1 Å². The summed E-state index contributed by atoms with van der Waals surface area (Å²) in [6, 6.07) is 23.8. The molecule has 40 heavy (non-hydrogen) atoms. The zero-order valence-corrected chi connectivity index (χ0v) is 21.9. The normalized spacial score (nSPS) is 15.1. The molecule has 2 heterocycles. The number of hydrogen-bond acceptors (Lipinski definition) is 4. The number of rotatable bonds is 3. The van der Waals surface area contributed by atoms with E-state index in [4.69, 9.17) is 0 Å². The van der Waals surface area contributed by atoms with Gasteiger partial charge in [0.05, 0.1) is 22.8 Å². The van der Waals surface area contributed by atoms with Crippen molar-refractivity contribution in [3.05, 3.63) is 119 Å². The summed E-state index contributed by atoms with van der Waals surface area (Å²) in [5.41, 5.74) is 5.40. The Kier molecular flexibility index (Phi) is 6.30. The van der Waals surface area contributed by atoms with Crippen LogP contribution in [-0.2, 0) is 9.59 Å². The van der Waals surface area contributed by atoms with Crippen molar-refractivity contribution < 1.29 is 18.4 Å². The number of anilines is 2. The third-order valence-corrected chi connectivity index (χ3v) is 7.31. The van der Waals surface area contributed by atoms with Crippen molar-refractivity contribution in [3.8, 4) is 11.1 Å². The lowest BCUT2D eigenvalue weighted by molar-refractivity contribution is -0.117. The first-order valence-electron chi connectivity index (χ1n) is 12.7. The van der Waals surface area contributed by atoms with Crippen molar-refractivity contribution >= 4 is 34.6 Å². The standard InChI is InChI=1S/C32H24F2N4O2/c1-37-27-13-11-19(15-23(27)31(35-17-29(37)39)21-7-3-5-9-25(21)33)20-12-14-28-24(16-20)32(36-18-30(40)38(28)2)22-8-4-6-10-26(22)34/h3-16H,17-18H2,1-2H3. The number of hydrogen-bond donors (Lipinski definition) is 0. The maximum Gasteiger partial charge on any atom is 0.248 e. The highest BCUT2D eigenvalue weighted by Gasteiger charge is 2.27. The van der Waals surface area contributed by atoms with E-state index in [9.17, 15) is 18.4 Å². The molecule has 198 valence electrons. The van der Waals surface area contributed by atoms with Crippen LogP contribution < -0.4 is 9.80 Å². The van der Waals surface area contributed by atoms with Gasteiger partial charge >= 0.3 is 0 Å². The zero-order chi connectivity index (χ0) is 28.0. The molecule has 2 aliphatic heterocycles. The van der Waals surface area contributed by atoms with E-state index in [2.05, 4.69) is 9.98 Å². The molecule has 0 aliphatic carbocycles. The summed E-state index contributed by atoms with van der Waals surface area (Å²) in [6.07, 6.45) is 0. The zero-order valence-electron chi connectivity index (χ0n) is 21.9. The van der Waals surface area contributed by atoms with Crippen LogP contribution in [-0.4, -0.2) is 50.4 Å². The molecule has 0 N–H and O–H groups in total. The van der Waals surface area contributed by atoms with E-state index in [1.54, 1.807) is 50.5 Å². The molecule has 0 saturated heterocycles. The van der Waals surface area contributed by atoms with Gasteiger partial charge in [-0.3, -0.25) is 19.6 Å². The van der Waals surface area contributed by atoms with E-state index in [0.29, 0.717) is 45.1 Å². The number of benzene rings is 4. The fraction of sp³-hybridized carbons (Fsp3) is 0.125. The molecule has 4 aromatic rings. The van der Waals surface area contributed by atoms with E-state index >= 15 is 0 Å². The number of halogens is 2. The number of carbonyl (C=O) groups is 2. The van der Waals surface area contributed by atoms with Crippen LogP contribution >= 0.6 is 0 Å². The highest BCUT2D eigenvalue weighted by atomic mass is 19.1. The van der Waals surface area contributed by atoms with Gasteiger partial charge in [-0.25, -0.2) is 8.78 Å². The van der Waals surface area contributed by atoms with E-state index in [0.717, 1.165) is 11.1 Å². The number of fused-ring (bicyclic) bond motifs is 2. The Balaban J connectivity index is 1.53. The Morgan fingerprint density at radius 1 is 0.575 bits per heavy atom. The fourth-order valence-corrected chi connectivity index (χ4v) is 5.11. The molecule has 8 heteroatoms. The van der Waals surface area contributed by atoms with Crippen molar-refractivity contribution in [3.63, 3.8) is 0 Å². The fourth-order valence-electron chi connectivity index (χ4n) is 5.11. The molecular weight excluding hydrogens is 510 g/mol. The van der Waals surface area contributed by atoms with Crippen molar-refractivity contribution in [2.75, 3.05) is 37.0 Å². The first kappa shape index (κ1) is 25.3. The Morgan fingerprint density at radius 3 is 1.38 bits per heavy atom. The summed E-state index contributed by atoms with van der Waals surface area (Å²) in [4.78, 5) is 37.4. The smallest absolute Gasteiger partial charge is 0.248 e. The van der Waals surface area contributed by atoms with Crippen molar-refractivity contribution in [2.45, 2.75) is 0 Å². The van der Waals surface area contributed by atoms with Gasteiger partial charge in [-0.05, 0) is 59.7 Å². The van der Waals surface area contributed by atoms with Gasteiger partial charge < -0.3 is 9.80 Å². The summed E-state index contributed by atoms with van der Waals surface area (Å²) in [7, 11) is 3.35. The van der Waals surface area contributed by atoms with Crippen LogP contribution in [0.5, 0.6) is 0 Å². The average Bonchev–Trinajstić information content (AvgIpc) is 3.17. The van der Waals surface area contributed by atoms with Gasteiger partial charge in [0.15, 0.2) is 0 Å². The van der Waals surface area contributed by atoms with Crippen LogP contribution in [0, 0.1) is 11.6 Å². The lowest BCUT2D eigenvalue weighted by Gasteiger charge is -2.21. The Labute approximate surface area is 229 Å². The SMILES string of the molecule is CN1C(=O)CN=C(c2ccccc2F)c2cc(-c3ccc4c(c3)C(c3ccccc3F)=NCC(=O)N4C)ccc21. The average molecular weight is 535 g/mol. The van der Waals surface area contributed by atoms with Gasteiger partial charge in [0.1, 0.15) is 24.7 Å². The molecule has 2 aliphatic rings. The summed E-state index contributed by atoms with van der Waals surface area (Å²) in [6.45, 7) is -0.211. The predicted molar refractivity (Wildman–Crippen MR) is 153 cm³/mol. The van der Waals surface area contributed by atoms with Crippen LogP contribution in [0.15, 0.2) is 94.9 Å². The molecule has 0 aromatic heterocycles. The van der Waals surface area contributed by atoms with Gasteiger partial charge in [0.25, 0.3) is 0 Å². The molecule has 0 bridgehead atoms. The topological polar surface area (TPSA) is 65.3 Å². The molecule has 0 unspecified atom stereocenters. The second-order valence-corrected chi connectivity index (χ2v) is 9.66. The van der Waals surface area contributed by atoms with Gasteiger partial charge in [0, 0.05) is 36.3 Å². The maximum atomic E-state index is 14.9. The Hall–Kier alpha value is -4.98. The molecular formula is C32H24F2N4O2. The molecule has 0 fully saturated rings. The van der Waals surface area contributed by atoms with Crippen LogP contribution in [0.4, 0.5) is 20.2 Å². The van der Waals surface area contributed by atoms with E-state index in [-0.39, 0.29) is 24.9 Å². The molecule has 0 spiro atoms. The number of amides is 2. The summed E-state index contributed by atoms with van der Waals surface area (Å²) < 4.78 is 29.8. The van der Waals surface area contributed by atoms with Crippen molar-refractivity contribution in [1.29, 1.82) is 0 Å². The van der Waals surface area contributed by atoms with Crippen molar-refractivity contribution in [2.24, 2.45) is 9.98 Å². The molecule has 6 nitrogen and oxygen atoms in total. The largest absolute Gasteiger partial charge is 0.313 e. The highest BCUT2D eigenvalue weighted by Crippen LogP contribution is 2.35. The summed E-state index contributed by atoms with van der Waals surface area (Å²) >= 11 is 0. The number of aliphatic imine (C=N–C) groups is 2. The monoisotopic (exact) mass is 534 g/mol. The van der Waals surface area contributed by atoms with Gasteiger partial charge in [-0.1, -0.05) is 36.4 Å². The third-order valence-electron chi connectivity index (χ3n) is 7.31.